The van der Waals surface area contributed by atoms with Gasteiger partial charge in [0, 0.05) is 46.4 Å². The van der Waals surface area contributed by atoms with Gasteiger partial charge in [-0.15, -0.1) is 0 Å². The fraction of sp³-hybridized carbons (Fsp3) is 0. The van der Waals surface area contributed by atoms with Crippen LogP contribution in [0.4, 0.5) is 0 Å². The van der Waals surface area contributed by atoms with Crippen molar-refractivity contribution in [1.82, 2.24) is 9.55 Å². The summed E-state index contributed by atoms with van der Waals surface area (Å²) >= 11 is 0. The van der Waals surface area contributed by atoms with E-state index in [1.54, 1.807) is 0 Å². The summed E-state index contributed by atoms with van der Waals surface area (Å²) in [4.78, 5) is 4.33. The highest BCUT2D eigenvalue weighted by molar-refractivity contribution is 6.04. The molecular formula is C25H18N2. The van der Waals surface area contributed by atoms with Crippen molar-refractivity contribution in [3.8, 4) is 27.9 Å². The molecule has 0 bridgehead atoms. The third kappa shape index (κ3) is 2.72. The number of para-hydroxylation sites is 2. The van der Waals surface area contributed by atoms with E-state index in [0.29, 0.717) is 0 Å². The number of aromatic nitrogens is 2. The fourth-order valence-corrected chi connectivity index (χ4v) is 3.68. The molecule has 2 heteroatoms. The van der Waals surface area contributed by atoms with Crippen LogP contribution in [0, 0.1) is 0 Å². The van der Waals surface area contributed by atoms with Crippen LogP contribution in [-0.4, -0.2) is 9.55 Å². The molecule has 0 aliphatic rings. The van der Waals surface area contributed by atoms with Gasteiger partial charge in [0.25, 0.3) is 0 Å². The van der Waals surface area contributed by atoms with Gasteiger partial charge in [0.15, 0.2) is 0 Å². The number of nitrogens with zero attached hydrogens (tertiary/aromatic N) is 2. The maximum Gasteiger partial charge on any atom is 0.0613 e. The van der Waals surface area contributed by atoms with Gasteiger partial charge in [-0.25, -0.2) is 0 Å². The minimum absolute atomic E-state index is 1.12. The van der Waals surface area contributed by atoms with Gasteiger partial charge in [0.1, 0.15) is 0 Å². The first-order valence-corrected chi connectivity index (χ1v) is 9.07. The second-order valence-corrected chi connectivity index (χ2v) is 6.56. The molecule has 0 amide bonds. The highest BCUT2D eigenvalue weighted by Gasteiger charge is 2.15. The molecule has 2 heterocycles. The Morgan fingerprint density at radius 2 is 1.33 bits per heavy atom. The highest BCUT2D eigenvalue weighted by atomic mass is 15.0. The Bertz CT molecular complexity index is 1190. The molecule has 0 aliphatic carbocycles. The lowest BCUT2D eigenvalue weighted by molar-refractivity contribution is 1.13. The minimum atomic E-state index is 1.12. The third-order valence-electron chi connectivity index (χ3n) is 4.92. The number of hydrogen-bond acceptors (Lipinski definition) is 1. The van der Waals surface area contributed by atoms with Crippen LogP contribution in [0.25, 0.3) is 38.8 Å². The van der Waals surface area contributed by atoms with Gasteiger partial charge in [0.2, 0.25) is 0 Å². The van der Waals surface area contributed by atoms with E-state index in [-0.39, 0.29) is 0 Å². The van der Waals surface area contributed by atoms with E-state index in [2.05, 4.69) is 101 Å². The smallest absolute Gasteiger partial charge is 0.0613 e. The van der Waals surface area contributed by atoms with Crippen molar-refractivity contribution < 1.29 is 0 Å². The Kier molecular flexibility index (Phi) is 3.80. The zero-order valence-electron chi connectivity index (χ0n) is 14.8. The lowest BCUT2D eigenvalue weighted by atomic mass is 10.0. The molecule has 0 spiro atoms. The van der Waals surface area contributed by atoms with E-state index >= 15 is 0 Å². The first kappa shape index (κ1) is 15.6. The van der Waals surface area contributed by atoms with Gasteiger partial charge in [-0.05, 0) is 23.8 Å². The average molecular weight is 346 g/mol. The molecule has 0 unspecified atom stereocenters. The normalized spacial score (nSPS) is 11.0. The Labute approximate surface area is 158 Å². The Morgan fingerprint density at radius 1 is 0.593 bits per heavy atom. The first-order chi connectivity index (χ1) is 13.4. The van der Waals surface area contributed by atoms with E-state index < -0.39 is 0 Å². The number of fused-ring (bicyclic) bond motifs is 1. The largest absolute Gasteiger partial charge is 0.315 e. The van der Waals surface area contributed by atoms with Crippen molar-refractivity contribution in [2.45, 2.75) is 0 Å². The predicted octanol–water partition coefficient (Wildman–Crippen LogP) is 6.36. The van der Waals surface area contributed by atoms with Crippen LogP contribution in [0.5, 0.6) is 0 Å². The molecule has 2 aromatic heterocycles. The lowest BCUT2D eigenvalue weighted by Crippen LogP contribution is -1.93. The molecule has 5 rings (SSSR count). The van der Waals surface area contributed by atoms with Gasteiger partial charge in [-0.1, -0.05) is 72.8 Å². The number of benzene rings is 3. The van der Waals surface area contributed by atoms with Crippen molar-refractivity contribution in [2.75, 3.05) is 0 Å². The maximum absolute atomic E-state index is 4.33. The molecule has 0 N–H and O–H groups in total. The van der Waals surface area contributed by atoms with Gasteiger partial charge in [-0.3, -0.25) is 4.98 Å². The maximum atomic E-state index is 4.33. The lowest BCUT2D eigenvalue weighted by Gasteiger charge is -2.10. The van der Waals surface area contributed by atoms with Crippen LogP contribution >= 0.6 is 0 Å². The highest BCUT2D eigenvalue weighted by Crippen LogP contribution is 2.37. The zero-order chi connectivity index (χ0) is 18.1. The van der Waals surface area contributed by atoms with Crippen LogP contribution in [0.1, 0.15) is 0 Å². The van der Waals surface area contributed by atoms with Crippen molar-refractivity contribution >= 4 is 10.9 Å². The van der Waals surface area contributed by atoms with Crippen LogP contribution < -0.4 is 0 Å². The van der Waals surface area contributed by atoms with Crippen molar-refractivity contribution in [3.05, 3.63) is 110 Å². The molecule has 0 fully saturated rings. The number of hydrogen-bond donors (Lipinski definition) is 0. The molecule has 0 atom stereocenters. The summed E-state index contributed by atoms with van der Waals surface area (Å²) in [5, 5.41) is 1.24. The predicted molar refractivity (Wildman–Crippen MR) is 112 cm³/mol. The second kappa shape index (κ2) is 6.58. The van der Waals surface area contributed by atoms with E-state index in [0.717, 1.165) is 11.3 Å². The monoisotopic (exact) mass is 346 g/mol. The van der Waals surface area contributed by atoms with Crippen LogP contribution in [0.2, 0.25) is 0 Å². The van der Waals surface area contributed by atoms with Crippen LogP contribution in [-0.2, 0) is 0 Å². The quantitative estimate of drug-likeness (QED) is 0.372. The third-order valence-corrected chi connectivity index (χ3v) is 4.92. The van der Waals surface area contributed by atoms with E-state index in [1.165, 1.54) is 27.6 Å². The van der Waals surface area contributed by atoms with E-state index in [4.69, 9.17) is 0 Å². The van der Waals surface area contributed by atoms with Gasteiger partial charge in [0.05, 0.1) is 5.52 Å². The summed E-state index contributed by atoms with van der Waals surface area (Å²) in [6.07, 6.45) is 5.99. The molecular weight excluding hydrogens is 328 g/mol. The Morgan fingerprint density at radius 3 is 2.07 bits per heavy atom. The van der Waals surface area contributed by atoms with Crippen molar-refractivity contribution in [2.24, 2.45) is 0 Å². The summed E-state index contributed by atoms with van der Waals surface area (Å²) in [7, 11) is 0. The first-order valence-electron chi connectivity index (χ1n) is 9.07. The van der Waals surface area contributed by atoms with Crippen molar-refractivity contribution in [3.63, 3.8) is 0 Å². The van der Waals surface area contributed by atoms with Gasteiger partial charge in [-0.2, -0.15) is 0 Å². The topological polar surface area (TPSA) is 17.8 Å². The molecule has 0 radical (unpaired) electrons. The summed E-state index contributed by atoms with van der Waals surface area (Å²) in [5.74, 6) is 0. The molecule has 0 aliphatic heterocycles. The zero-order valence-corrected chi connectivity index (χ0v) is 14.8. The summed E-state index contributed by atoms with van der Waals surface area (Å²) < 4.78 is 2.29. The SMILES string of the molecule is c1ccc(-c2cn(-c3ccccc3)c3c(-c4cccnc4)cccc23)cc1. The molecule has 27 heavy (non-hydrogen) atoms. The van der Waals surface area contributed by atoms with E-state index in [9.17, 15) is 0 Å². The fourth-order valence-electron chi connectivity index (χ4n) is 3.68. The second-order valence-electron chi connectivity index (χ2n) is 6.56. The van der Waals surface area contributed by atoms with Gasteiger partial charge < -0.3 is 4.57 Å². The Balaban J connectivity index is 1.87. The average Bonchev–Trinajstić information content (AvgIpc) is 3.15. The van der Waals surface area contributed by atoms with E-state index in [1.807, 2.05) is 18.5 Å². The molecule has 0 saturated carbocycles. The molecule has 2 nitrogen and oxygen atoms in total. The number of pyridine rings is 1. The molecule has 5 aromatic rings. The molecule has 3 aromatic carbocycles. The van der Waals surface area contributed by atoms with Crippen LogP contribution in [0.15, 0.2) is 110 Å². The molecule has 128 valence electrons. The van der Waals surface area contributed by atoms with Gasteiger partial charge >= 0.3 is 0 Å². The summed E-state index contributed by atoms with van der Waals surface area (Å²) in [6, 6.07) is 31.7. The van der Waals surface area contributed by atoms with Crippen LogP contribution in [0.3, 0.4) is 0 Å². The number of rotatable bonds is 3. The summed E-state index contributed by atoms with van der Waals surface area (Å²) in [6.45, 7) is 0. The minimum Gasteiger partial charge on any atom is -0.315 e. The standard InChI is InChI=1S/C25H18N2/c1-3-9-19(10-4-1)24-18-27(21-12-5-2-6-13-21)25-22(14-7-15-23(24)25)20-11-8-16-26-17-20/h1-18H. The Hall–Kier alpha value is -3.65. The summed E-state index contributed by atoms with van der Waals surface area (Å²) in [5.41, 5.74) is 7.13. The molecule has 0 saturated heterocycles. The van der Waals surface area contributed by atoms with Crippen molar-refractivity contribution in [1.29, 1.82) is 0 Å².